The van der Waals surface area contributed by atoms with Gasteiger partial charge in [0.1, 0.15) is 0 Å². The van der Waals surface area contributed by atoms with E-state index in [0.29, 0.717) is 11.7 Å². The van der Waals surface area contributed by atoms with Gasteiger partial charge in [0, 0.05) is 6.07 Å². The second kappa shape index (κ2) is 4.47. The fourth-order valence-electron chi connectivity index (χ4n) is 4.96. The number of carboxylic acids is 1. The number of aromatic nitrogens is 1. The van der Waals surface area contributed by atoms with Crippen LogP contribution in [0.15, 0.2) is 16.7 Å². The average molecular weight is 273 g/mol. The highest BCUT2D eigenvalue weighted by molar-refractivity contribution is 5.85. The zero-order chi connectivity index (χ0) is 13.7. The van der Waals surface area contributed by atoms with Crippen molar-refractivity contribution in [3.63, 3.8) is 0 Å². The molecule has 4 aliphatic rings. The predicted molar refractivity (Wildman–Crippen MR) is 73.0 cm³/mol. The van der Waals surface area contributed by atoms with E-state index in [1.54, 1.807) is 0 Å². The Kier molecular flexibility index (Phi) is 2.72. The summed E-state index contributed by atoms with van der Waals surface area (Å²) in [7, 11) is 0. The van der Waals surface area contributed by atoms with Crippen molar-refractivity contribution >= 4 is 12.0 Å². The van der Waals surface area contributed by atoms with Crippen LogP contribution in [0.25, 0.3) is 6.08 Å². The van der Waals surface area contributed by atoms with E-state index >= 15 is 0 Å². The summed E-state index contributed by atoms with van der Waals surface area (Å²) in [6.45, 7) is 0. The van der Waals surface area contributed by atoms with Crippen LogP contribution in [0.2, 0.25) is 0 Å². The van der Waals surface area contributed by atoms with Crippen molar-refractivity contribution in [1.29, 1.82) is 0 Å². The SMILES string of the molecule is O=C(O)c1cc(/C=C/C2C3CC4CC(C3)CC2C4)on1. The van der Waals surface area contributed by atoms with Gasteiger partial charge in [0.25, 0.3) is 0 Å². The largest absolute Gasteiger partial charge is 0.476 e. The lowest BCUT2D eigenvalue weighted by Crippen LogP contribution is -2.44. The number of aromatic carboxylic acids is 1. The Balaban J connectivity index is 1.50. The van der Waals surface area contributed by atoms with Crippen LogP contribution in [0, 0.1) is 29.6 Å². The highest BCUT2D eigenvalue weighted by Gasteiger charge is 2.47. The molecule has 106 valence electrons. The van der Waals surface area contributed by atoms with E-state index in [1.165, 1.54) is 38.2 Å². The second-order valence-electron chi connectivity index (χ2n) is 6.79. The van der Waals surface area contributed by atoms with Gasteiger partial charge in [-0.3, -0.25) is 0 Å². The lowest BCUT2D eigenvalue weighted by molar-refractivity contribution is -0.0158. The monoisotopic (exact) mass is 273 g/mol. The van der Waals surface area contributed by atoms with Crippen LogP contribution in [0.3, 0.4) is 0 Å². The molecule has 0 spiro atoms. The van der Waals surface area contributed by atoms with Gasteiger partial charge in [0.05, 0.1) is 0 Å². The molecule has 4 heteroatoms. The second-order valence-corrected chi connectivity index (χ2v) is 6.79. The van der Waals surface area contributed by atoms with Crippen molar-refractivity contribution in [2.24, 2.45) is 29.6 Å². The molecule has 0 aromatic carbocycles. The number of nitrogens with zero attached hydrogens (tertiary/aromatic N) is 1. The van der Waals surface area contributed by atoms with Gasteiger partial charge in [0.15, 0.2) is 11.5 Å². The summed E-state index contributed by atoms with van der Waals surface area (Å²) in [5.41, 5.74) is -0.0188. The van der Waals surface area contributed by atoms with E-state index in [2.05, 4.69) is 11.2 Å². The van der Waals surface area contributed by atoms with Gasteiger partial charge in [0.2, 0.25) is 0 Å². The smallest absolute Gasteiger partial charge is 0.358 e. The number of carboxylic acid groups (broad SMARTS) is 1. The number of carbonyl (C=O) groups is 1. The molecule has 20 heavy (non-hydrogen) atoms. The van der Waals surface area contributed by atoms with Crippen LogP contribution in [0.1, 0.15) is 48.4 Å². The molecule has 0 radical (unpaired) electrons. The van der Waals surface area contributed by atoms with Crippen molar-refractivity contribution in [3.8, 4) is 0 Å². The van der Waals surface area contributed by atoms with Crippen LogP contribution in [0.4, 0.5) is 0 Å². The maximum absolute atomic E-state index is 10.8. The third kappa shape index (κ3) is 1.98. The summed E-state index contributed by atoms with van der Waals surface area (Å²) in [5.74, 6) is 3.80. The Hall–Kier alpha value is -1.58. The Morgan fingerprint density at radius 3 is 2.40 bits per heavy atom. The maximum Gasteiger partial charge on any atom is 0.358 e. The van der Waals surface area contributed by atoms with Crippen LogP contribution < -0.4 is 0 Å². The number of allylic oxidation sites excluding steroid dienone is 1. The summed E-state index contributed by atoms with van der Waals surface area (Å²) < 4.78 is 5.05. The molecular weight excluding hydrogens is 254 g/mol. The first-order chi connectivity index (χ1) is 9.69. The lowest BCUT2D eigenvalue weighted by Gasteiger charge is -2.53. The Bertz CT molecular complexity index is 532. The first-order valence-corrected chi connectivity index (χ1v) is 7.57. The van der Waals surface area contributed by atoms with Gasteiger partial charge >= 0.3 is 5.97 Å². The molecule has 5 rings (SSSR count). The molecule has 0 aliphatic heterocycles. The normalized spacial score (nSPS) is 38.7. The summed E-state index contributed by atoms with van der Waals surface area (Å²) in [4.78, 5) is 10.8. The van der Waals surface area contributed by atoms with Gasteiger partial charge in [-0.1, -0.05) is 11.2 Å². The highest BCUT2D eigenvalue weighted by atomic mass is 16.5. The fourth-order valence-corrected chi connectivity index (χ4v) is 4.96. The number of hydrogen-bond donors (Lipinski definition) is 1. The minimum Gasteiger partial charge on any atom is -0.476 e. The molecule has 4 bridgehead atoms. The molecule has 0 unspecified atom stereocenters. The Labute approximate surface area is 117 Å². The minimum absolute atomic E-state index is 0.0188. The molecule has 4 fully saturated rings. The van der Waals surface area contributed by atoms with Gasteiger partial charge in [-0.2, -0.15) is 0 Å². The van der Waals surface area contributed by atoms with E-state index in [-0.39, 0.29) is 5.69 Å². The molecule has 0 atom stereocenters. The van der Waals surface area contributed by atoms with E-state index in [9.17, 15) is 4.79 Å². The zero-order valence-corrected chi connectivity index (χ0v) is 11.4. The molecule has 4 nitrogen and oxygen atoms in total. The van der Waals surface area contributed by atoms with Crippen molar-refractivity contribution in [3.05, 3.63) is 23.6 Å². The van der Waals surface area contributed by atoms with E-state index in [4.69, 9.17) is 9.63 Å². The van der Waals surface area contributed by atoms with Gasteiger partial charge in [-0.05, 0) is 67.8 Å². The van der Waals surface area contributed by atoms with Crippen LogP contribution in [-0.4, -0.2) is 16.2 Å². The molecule has 1 aromatic rings. The van der Waals surface area contributed by atoms with Crippen molar-refractivity contribution in [2.75, 3.05) is 0 Å². The minimum atomic E-state index is -1.04. The zero-order valence-electron chi connectivity index (χ0n) is 11.4. The molecule has 1 heterocycles. The van der Waals surface area contributed by atoms with Gasteiger partial charge in [-0.25, -0.2) is 4.79 Å². The average Bonchev–Trinajstić information content (AvgIpc) is 2.86. The quantitative estimate of drug-likeness (QED) is 0.916. The van der Waals surface area contributed by atoms with E-state index in [1.807, 2.05) is 6.08 Å². The Morgan fingerprint density at radius 2 is 1.85 bits per heavy atom. The topological polar surface area (TPSA) is 63.3 Å². The van der Waals surface area contributed by atoms with Crippen molar-refractivity contribution < 1.29 is 14.4 Å². The van der Waals surface area contributed by atoms with Gasteiger partial charge in [-0.15, -0.1) is 0 Å². The van der Waals surface area contributed by atoms with Crippen LogP contribution >= 0.6 is 0 Å². The Morgan fingerprint density at radius 1 is 1.20 bits per heavy atom. The standard InChI is InChI=1S/C16H19NO3/c18-16(19)15-8-13(20-17-15)1-2-14-11-4-9-3-10(6-11)7-12(14)5-9/h1-2,8-12,14H,3-7H2,(H,18,19)/b2-1+. The van der Waals surface area contributed by atoms with E-state index in [0.717, 1.165) is 23.7 Å². The highest BCUT2D eigenvalue weighted by Crippen LogP contribution is 2.56. The fraction of sp³-hybridized carbons (Fsp3) is 0.625. The summed E-state index contributed by atoms with van der Waals surface area (Å²) in [5, 5.41) is 12.4. The maximum atomic E-state index is 10.8. The predicted octanol–water partition coefficient (Wildman–Crippen LogP) is 3.46. The third-order valence-corrected chi connectivity index (χ3v) is 5.53. The first kappa shape index (κ1) is 12.2. The number of hydrogen-bond acceptors (Lipinski definition) is 3. The number of rotatable bonds is 3. The molecule has 4 saturated carbocycles. The summed E-state index contributed by atoms with van der Waals surface area (Å²) in [6.07, 6.45) is 11.2. The first-order valence-electron chi connectivity index (χ1n) is 7.57. The van der Waals surface area contributed by atoms with Gasteiger partial charge < -0.3 is 9.63 Å². The molecular formula is C16H19NO3. The lowest BCUT2D eigenvalue weighted by atomic mass is 9.52. The molecule has 1 N–H and O–H groups in total. The van der Waals surface area contributed by atoms with Crippen molar-refractivity contribution in [1.82, 2.24) is 5.16 Å². The van der Waals surface area contributed by atoms with Crippen LogP contribution in [0.5, 0.6) is 0 Å². The van der Waals surface area contributed by atoms with E-state index < -0.39 is 5.97 Å². The van der Waals surface area contributed by atoms with Crippen molar-refractivity contribution in [2.45, 2.75) is 32.1 Å². The van der Waals surface area contributed by atoms with Crippen LogP contribution in [-0.2, 0) is 0 Å². The summed E-state index contributed by atoms with van der Waals surface area (Å²) >= 11 is 0. The molecule has 0 amide bonds. The molecule has 1 aromatic heterocycles. The summed E-state index contributed by atoms with van der Waals surface area (Å²) in [6, 6.07) is 1.49. The molecule has 0 saturated heterocycles. The molecule has 4 aliphatic carbocycles. The third-order valence-electron chi connectivity index (χ3n) is 5.53.